The quantitative estimate of drug-likeness (QED) is 0.824. The minimum absolute atomic E-state index is 0.0783. The predicted molar refractivity (Wildman–Crippen MR) is 61.8 cm³/mol. The van der Waals surface area contributed by atoms with Crippen molar-refractivity contribution in [1.29, 1.82) is 0 Å². The Kier molecular flexibility index (Phi) is 2.92. The lowest BCUT2D eigenvalue weighted by molar-refractivity contribution is 0.299. The fourth-order valence-corrected chi connectivity index (χ4v) is 1.73. The lowest BCUT2D eigenvalue weighted by Gasteiger charge is -2.07. The molecule has 4 nitrogen and oxygen atoms in total. The molecule has 0 aliphatic carbocycles. The van der Waals surface area contributed by atoms with E-state index >= 15 is 0 Å². The minimum atomic E-state index is -0.0783. The maximum absolute atomic E-state index is 11.8. The number of nitrogens with zero attached hydrogens (tertiary/aromatic N) is 2. The first-order valence-electron chi connectivity index (χ1n) is 5.17. The van der Waals surface area contributed by atoms with Gasteiger partial charge in [-0.3, -0.25) is 4.57 Å². The molecule has 0 saturated heterocycles. The summed E-state index contributed by atoms with van der Waals surface area (Å²) in [4.78, 5) is 11.8. The number of aromatic nitrogens is 2. The number of rotatable bonds is 3. The SMILES string of the molecule is Cn1ccn(-c2ccccc2CCO)c1=O. The van der Waals surface area contributed by atoms with E-state index in [0.717, 1.165) is 11.3 Å². The highest BCUT2D eigenvalue weighted by molar-refractivity contribution is 5.41. The van der Waals surface area contributed by atoms with Crippen molar-refractivity contribution in [3.63, 3.8) is 0 Å². The van der Waals surface area contributed by atoms with Gasteiger partial charge in [0.25, 0.3) is 0 Å². The van der Waals surface area contributed by atoms with Crippen LogP contribution in [-0.2, 0) is 13.5 Å². The molecule has 4 heteroatoms. The Balaban J connectivity index is 2.55. The van der Waals surface area contributed by atoms with Gasteiger partial charge in [0.2, 0.25) is 0 Å². The van der Waals surface area contributed by atoms with Crippen LogP contribution in [0.4, 0.5) is 0 Å². The lowest BCUT2D eigenvalue weighted by Crippen LogP contribution is -2.21. The number of imidazole rings is 1. The maximum atomic E-state index is 11.8. The Morgan fingerprint density at radius 1 is 1.25 bits per heavy atom. The van der Waals surface area contributed by atoms with Crippen LogP contribution in [0.1, 0.15) is 5.56 Å². The fraction of sp³-hybridized carbons (Fsp3) is 0.250. The van der Waals surface area contributed by atoms with Crippen LogP contribution in [0.3, 0.4) is 0 Å². The molecule has 1 aromatic heterocycles. The van der Waals surface area contributed by atoms with Gasteiger partial charge in [0, 0.05) is 26.0 Å². The van der Waals surface area contributed by atoms with Crippen LogP contribution in [0, 0.1) is 0 Å². The van der Waals surface area contributed by atoms with E-state index in [4.69, 9.17) is 5.11 Å². The summed E-state index contributed by atoms with van der Waals surface area (Å²) in [7, 11) is 1.72. The van der Waals surface area contributed by atoms with E-state index in [1.807, 2.05) is 24.3 Å². The zero-order valence-corrected chi connectivity index (χ0v) is 9.13. The number of aliphatic hydroxyl groups excluding tert-OH is 1. The molecule has 1 heterocycles. The van der Waals surface area contributed by atoms with Crippen LogP contribution in [0.5, 0.6) is 0 Å². The second kappa shape index (κ2) is 4.37. The molecule has 0 spiro atoms. The van der Waals surface area contributed by atoms with Crippen LogP contribution >= 0.6 is 0 Å². The van der Waals surface area contributed by atoms with Crippen molar-refractivity contribution in [2.45, 2.75) is 6.42 Å². The third-order valence-corrected chi connectivity index (χ3v) is 2.58. The summed E-state index contributed by atoms with van der Waals surface area (Å²) in [5.74, 6) is 0. The lowest BCUT2D eigenvalue weighted by atomic mass is 10.1. The number of aliphatic hydroxyl groups is 1. The van der Waals surface area contributed by atoms with E-state index in [9.17, 15) is 4.79 Å². The zero-order chi connectivity index (χ0) is 11.5. The van der Waals surface area contributed by atoms with Crippen molar-refractivity contribution in [1.82, 2.24) is 9.13 Å². The molecule has 0 aliphatic rings. The van der Waals surface area contributed by atoms with Gasteiger partial charge in [0.05, 0.1) is 5.69 Å². The standard InChI is InChI=1S/C12H14N2O2/c1-13-7-8-14(12(13)16)11-5-3-2-4-10(11)6-9-15/h2-5,7-8,15H,6,9H2,1H3. The second-order valence-electron chi connectivity index (χ2n) is 3.66. The topological polar surface area (TPSA) is 47.2 Å². The molecule has 2 rings (SSSR count). The maximum Gasteiger partial charge on any atom is 0.332 e. The van der Waals surface area contributed by atoms with Gasteiger partial charge in [0.15, 0.2) is 0 Å². The molecule has 16 heavy (non-hydrogen) atoms. The first-order valence-corrected chi connectivity index (χ1v) is 5.17. The summed E-state index contributed by atoms with van der Waals surface area (Å²) in [6.07, 6.45) is 4.01. The first kappa shape index (κ1) is 10.7. The van der Waals surface area contributed by atoms with Crippen LogP contribution in [0.25, 0.3) is 5.69 Å². The highest BCUT2D eigenvalue weighted by Crippen LogP contribution is 2.12. The van der Waals surface area contributed by atoms with E-state index in [-0.39, 0.29) is 12.3 Å². The molecule has 0 aliphatic heterocycles. The van der Waals surface area contributed by atoms with Crippen molar-refractivity contribution in [3.8, 4) is 5.69 Å². The average molecular weight is 218 g/mol. The van der Waals surface area contributed by atoms with Gasteiger partial charge in [-0.1, -0.05) is 18.2 Å². The normalized spacial score (nSPS) is 10.6. The minimum Gasteiger partial charge on any atom is -0.396 e. The van der Waals surface area contributed by atoms with E-state index in [2.05, 4.69) is 0 Å². The van der Waals surface area contributed by atoms with E-state index in [0.29, 0.717) is 6.42 Å². The third-order valence-electron chi connectivity index (χ3n) is 2.58. The first-order chi connectivity index (χ1) is 7.74. The van der Waals surface area contributed by atoms with Crippen LogP contribution in [0.15, 0.2) is 41.5 Å². The molecular formula is C12H14N2O2. The Bertz CT molecular complexity index is 540. The molecule has 2 aromatic rings. The molecular weight excluding hydrogens is 204 g/mol. The predicted octanol–water partition coefficient (Wildman–Crippen LogP) is 0.711. The smallest absolute Gasteiger partial charge is 0.332 e. The van der Waals surface area contributed by atoms with Crippen molar-refractivity contribution < 1.29 is 5.11 Å². The Hall–Kier alpha value is -1.81. The van der Waals surface area contributed by atoms with Gasteiger partial charge in [0.1, 0.15) is 0 Å². The van der Waals surface area contributed by atoms with Gasteiger partial charge in [-0.15, -0.1) is 0 Å². The largest absolute Gasteiger partial charge is 0.396 e. The summed E-state index contributed by atoms with van der Waals surface area (Å²) in [5.41, 5.74) is 1.73. The number of hydrogen-bond donors (Lipinski definition) is 1. The summed E-state index contributed by atoms with van der Waals surface area (Å²) in [6, 6.07) is 7.59. The van der Waals surface area contributed by atoms with Gasteiger partial charge in [-0.25, -0.2) is 4.79 Å². The highest BCUT2D eigenvalue weighted by Gasteiger charge is 2.06. The summed E-state index contributed by atoms with van der Waals surface area (Å²) in [6.45, 7) is 0.0819. The van der Waals surface area contributed by atoms with E-state index < -0.39 is 0 Å². The molecule has 84 valence electrons. The van der Waals surface area contributed by atoms with Crippen LogP contribution in [-0.4, -0.2) is 20.8 Å². The average Bonchev–Trinajstić information content (AvgIpc) is 2.61. The zero-order valence-electron chi connectivity index (χ0n) is 9.13. The molecule has 0 amide bonds. The summed E-state index contributed by atoms with van der Waals surface area (Å²) in [5, 5.41) is 8.97. The second-order valence-corrected chi connectivity index (χ2v) is 3.66. The van der Waals surface area contributed by atoms with Crippen molar-refractivity contribution in [3.05, 3.63) is 52.7 Å². The Morgan fingerprint density at radius 3 is 2.62 bits per heavy atom. The Morgan fingerprint density at radius 2 is 2.00 bits per heavy atom. The van der Waals surface area contributed by atoms with E-state index in [1.165, 1.54) is 4.57 Å². The molecule has 1 N–H and O–H groups in total. The number of benzene rings is 1. The van der Waals surface area contributed by atoms with Gasteiger partial charge in [-0.2, -0.15) is 0 Å². The summed E-state index contributed by atoms with van der Waals surface area (Å²) >= 11 is 0. The third kappa shape index (κ3) is 1.79. The number of para-hydroxylation sites is 1. The summed E-state index contributed by atoms with van der Waals surface area (Å²) < 4.78 is 3.11. The van der Waals surface area contributed by atoms with E-state index in [1.54, 1.807) is 24.0 Å². The number of aryl methyl sites for hydroxylation is 1. The molecule has 0 unspecified atom stereocenters. The van der Waals surface area contributed by atoms with Crippen molar-refractivity contribution in [2.75, 3.05) is 6.61 Å². The highest BCUT2D eigenvalue weighted by atomic mass is 16.3. The molecule has 0 saturated carbocycles. The fourth-order valence-electron chi connectivity index (χ4n) is 1.73. The van der Waals surface area contributed by atoms with Crippen LogP contribution in [0.2, 0.25) is 0 Å². The van der Waals surface area contributed by atoms with Gasteiger partial charge in [-0.05, 0) is 18.1 Å². The molecule has 0 radical (unpaired) electrons. The van der Waals surface area contributed by atoms with Crippen LogP contribution < -0.4 is 5.69 Å². The molecule has 1 aromatic carbocycles. The Labute approximate surface area is 93.4 Å². The number of hydrogen-bond acceptors (Lipinski definition) is 2. The molecule has 0 fully saturated rings. The monoisotopic (exact) mass is 218 g/mol. The van der Waals surface area contributed by atoms with Crippen molar-refractivity contribution >= 4 is 0 Å². The van der Waals surface area contributed by atoms with Crippen molar-refractivity contribution in [2.24, 2.45) is 7.05 Å². The molecule has 0 bridgehead atoms. The molecule has 0 atom stereocenters. The van der Waals surface area contributed by atoms with Gasteiger partial charge >= 0.3 is 5.69 Å². The van der Waals surface area contributed by atoms with Gasteiger partial charge < -0.3 is 9.67 Å².